The number of hydrogen-bond acceptors (Lipinski definition) is 7. The van der Waals surface area contributed by atoms with Gasteiger partial charge < -0.3 is 20.7 Å². The zero-order chi connectivity index (χ0) is 13.1. The van der Waals surface area contributed by atoms with Crippen molar-refractivity contribution in [3.05, 3.63) is 0 Å². The van der Waals surface area contributed by atoms with Crippen molar-refractivity contribution in [2.75, 3.05) is 48.8 Å². The van der Waals surface area contributed by atoms with Crippen LogP contribution >= 0.6 is 0 Å². The van der Waals surface area contributed by atoms with Crippen molar-refractivity contribution in [1.82, 2.24) is 15.0 Å². The Bertz CT molecular complexity index is 430. The number of nitrogen functional groups attached to an aromatic ring is 1. The summed E-state index contributed by atoms with van der Waals surface area (Å²) < 4.78 is 5.32. The standard InChI is InChI=1S/C12H20N6O/c13-10-15-11(14-4-3-9-1-2-9)17-12(16-10)18-5-7-19-8-6-18/h9H,1-8H2,(H3,13,14,15,16,17). The van der Waals surface area contributed by atoms with Gasteiger partial charge >= 0.3 is 0 Å². The fourth-order valence-electron chi connectivity index (χ4n) is 2.16. The monoisotopic (exact) mass is 264 g/mol. The second-order valence-electron chi connectivity index (χ2n) is 5.08. The molecule has 1 saturated carbocycles. The number of rotatable bonds is 5. The lowest BCUT2D eigenvalue weighted by Crippen LogP contribution is -2.37. The van der Waals surface area contributed by atoms with Crippen molar-refractivity contribution in [2.24, 2.45) is 5.92 Å². The highest BCUT2D eigenvalue weighted by Crippen LogP contribution is 2.32. The first-order valence-corrected chi connectivity index (χ1v) is 6.89. The van der Waals surface area contributed by atoms with Gasteiger partial charge in [0, 0.05) is 19.6 Å². The number of morpholine rings is 1. The Balaban J connectivity index is 1.63. The van der Waals surface area contributed by atoms with Crippen molar-refractivity contribution in [1.29, 1.82) is 0 Å². The molecule has 2 fully saturated rings. The first kappa shape index (κ1) is 12.4. The quantitative estimate of drug-likeness (QED) is 0.800. The highest BCUT2D eigenvalue weighted by molar-refractivity contribution is 5.42. The van der Waals surface area contributed by atoms with Gasteiger partial charge in [-0.1, -0.05) is 12.8 Å². The zero-order valence-corrected chi connectivity index (χ0v) is 11.0. The third kappa shape index (κ3) is 3.44. The molecular formula is C12H20N6O. The van der Waals surface area contributed by atoms with Crippen molar-refractivity contribution < 1.29 is 4.74 Å². The normalized spacial score (nSPS) is 19.5. The summed E-state index contributed by atoms with van der Waals surface area (Å²) in [5, 5.41) is 3.24. The summed E-state index contributed by atoms with van der Waals surface area (Å²) in [5.74, 6) is 2.38. The predicted octanol–water partition coefficient (Wildman–Crippen LogP) is 0.502. The minimum absolute atomic E-state index is 0.269. The third-order valence-electron chi connectivity index (χ3n) is 3.47. The summed E-state index contributed by atoms with van der Waals surface area (Å²) in [7, 11) is 0. The van der Waals surface area contributed by atoms with E-state index in [-0.39, 0.29) is 5.95 Å². The van der Waals surface area contributed by atoms with E-state index in [0.717, 1.165) is 25.6 Å². The van der Waals surface area contributed by atoms with Crippen LogP contribution in [0.25, 0.3) is 0 Å². The summed E-state index contributed by atoms with van der Waals surface area (Å²) in [6, 6.07) is 0. The van der Waals surface area contributed by atoms with Crippen LogP contribution in [0.5, 0.6) is 0 Å². The summed E-state index contributed by atoms with van der Waals surface area (Å²) in [6.07, 6.45) is 3.90. The molecule has 0 radical (unpaired) electrons. The fraction of sp³-hybridized carbons (Fsp3) is 0.750. The van der Waals surface area contributed by atoms with Gasteiger partial charge in [0.1, 0.15) is 0 Å². The number of anilines is 3. The molecule has 1 aromatic heterocycles. The second kappa shape index (κ2) is 5.56. The van der Waals surface area contributed by atoms with E-state index >= 15 is 0 Å². The molecular weight excluding hydrogens is 244 g/mol. The fourth-order valence-corrected chi connectivity index (χ4v) is 2.16. The molecule has 1 aliphatic carbocycles. The van der Waals surface area contributed by atoms with Crippen molar-refractivity contribution >= 4 is 17.8 Å². The summed E-state index contributed by atoms with van der Waals surface area (Å²) in [6.45, 7) is 3.90. The second-order valence-corrected chi connectivity index (χ2v) is 5.08. The minimum Gasteiger partial charge on any atom is -0.378 e. The third-order valence-corrected chi connectivity index (χ3v) is 3.47. The lowest BCUT2D eigenvalue weighted by Gasteiger charge is -2.26. The molecule has 0 spiro atoms. The van der Waals surface area contributed by atoms with E-state index in [1.807, 2.05) is 0 Å². The lowest BCUT2D eigenvalue weighted by molar-refractivity contribution is 0.122. The Morgan fingerprint density at radius 2 is 2.00 bits per heavy atom. The number of nitrogens with zero attached hydrogens (tertiary/aromatic N) is 4. The molecule has 1 aliphatic heterocycles. The Morgan fingerprint density at radius 3 is 2.74 bits per heavy atom. The van der Waals surface area contributed by atoms with Crippen LogP contribution in [-0.2, 0) is 4.74 Å². The van der Waals surface area contributed by atoms with Gasteiger partial charge in [-0.25, -0.2) is 0 Å². The largest absolute Gasteiger partial charge is 0.378 e. The van der Waals surface area contributed by atoms with Crippen molar-refractivity contribution in [3.8, 4) is 0 Å². The molecule has 19 heavy (non-hydrogen) atoms. The molecule has 3 N–H and O–H groups in total. The summed E-state index contributed by atoms with van der Waals surface area (Å²) >= 11 is 0. The van der Waals surface area contributed by atoms with Crippen LogP contribution in [0.4, 0.5) is 17.8 Å². The van der Waals surface area contributed by atoms with Gasteiger partial charge in [-0.15, -0.1) is 0 Å². The van der Waals surface area contributed by atoms with Crippen LogP contribution in [0, 0.1) is 5.92 Å². The Morgan fingerprint density at radius 1 is 1.21 bits per heavy atom. The molecule has 0 aromatic carbocycles. The number of nitrogens with one attached hydrogen (secondary N) is 1. The van der Waals surface area contributed by atoms with Crippen LogP contribution in [0.2, 0.25) is 0 Å². The molecule has 0 amide bonds. The summed E-state index contributed by atoms with van der Waals surface area (Å²) in [5.41, 5.74) is 5.75. The van der Waals surface area contributed by atoms with Gasteiger partial charge in [-0.3, -0.25) is 0 Å². The maximum atomic E-state index is 5.75. The maximum Gasteiger partial charge on any atom is 0.232 e. The molecule has 2 aliphatic rings. The van der Waals surface area contributed by atoms with Gasteiger partial charge in [0.25, 0.3) is 0 Å². The first-order chi connectivity index (χ1) is 9.31. The SMILES string of the molecule is Nc1nc(NCCC2CC2)nc(N2CCOCC2)n1. The van der Waals surface area contributed by atoms with Gasteiger partial charge in [0.15, 0.2) is 0 Å². The molecule has 0 unspecified atom stereocenters. The van der Waals surface area contributed by atoms with Crippen LogP contribution in [0.1, 0.15) is 19.3 Å². The summed E-state index contributed by atoms with van der Waals surface area (Å²) in [4.78, 5) is 14.8. The van der Waals surface area contributed by atoms with E-state index in [1.165, 1.54) is 19.3 Å². The average molecular weight is 264 g/mol. The Kier molecular flexibility index (Phi) is 3.63. The van der Waals surface area contributed by atoms with Crippen LogP contribution in [-0.4, -0.2) is 47.8 Å². The van der Waals surface area contributed by atoms with Gasteiger partial charge in [-0.2, -0.15) is 15.0 Å². The highest BCUT2D eigenvalue weighted by Gasteiger charge is 2.20. The van der Waals surface area contributed by atoms with Crippen molar-refractivity contribution in [3.63, 3.8) is 0 Å². The zero-order valence-electron chi connectivity index (χ0n) is 11.0. The molecule has 2 heterocycles. The number of ether oxygens (including phenoxy) is 1. The Labute approximate surface area is 112 Å². The molecule has 0 bridgehead atoms. The van der Waals surface area contributed by atoms with E-state index in [4.69, 9.17) is 10.5 Å². The molecule has 1 aromatic rings. The molecule has 0 atom stereocenters. The van der Waals surface area contributed by atoms with Gasteiger partial charge in [0.2, 0.25) is 17.8 Å². The van der Waals surface area contributed by atoms with Crippen LogP contribution < -0.4 is 16.0 Å². The van der Waals surface area contributed by atoms with Crippen LogP contribution in [0.3, 0.4) is 0 Å². The van der Waals surface area contributed by atoms with E-state index in [2.05, 4.69) is 25.2 Å². The topological polar surface area (TPSA) is 89.2 Å². The Hall–Kier alpha value is -1.63. The van der Waals surface area contributed by atoms with Gasteiger partial charge in [-0.05, 0) is 12.3 Å². The molecule has 1 saturated heterocycles. The van der Waals surface area contributed by atoms with E-state index < -0.39 is 0 Å². The molecule has 7 heteroatoms. The van der Waals surface area contributed by atoms with E-state index in [9.17, 15) is 0 Å². The highest BCUT2D eigenvalue weighted by atomic mass is 16.5. The maximum absolute atomic E-state index is 5.75. The number of aromatic nitrogens is 3. The first-order valence-electron chi connectivity index (χ1n) is 6.89. The van der Waals surface area contributed by atoms with Crippen LogP contribution in [0.15, 0.2) is 0 Å². The van der Waals surface area contributed by atoms with Gasteiger partial charge in [0.05, 0.1) is 13.2 Å². The number of hydrogen-bond donors (Lipinski definition) is 2. The molecule has 3 rings (SSSR count). The number of nitrogens with two attached hydrogens (primary N) is 1. The van der Waals surface area contributed by atoms with Crippen molar-refractivity contribution in [2.45, 2.75) is 19.3 Å². The van der Waals surface area contributed by atoms with E-state index in [1.54, 1.807) is 0 Å². The average Bonchev–Trinajstić information content (AvgIpc) is 3.23. The lowest BCUT2D eigenvalue weighted by atomic mass is 10.3. The van der Waals surface area contributed by atoms with E-state index in [0.29, 0.717) is 25.1 Å². The predicted molar refractivity (Wildman–Crippen MR) is 73.1 cm³/mol. The minimum atomic E-state index is 0.269. The molecule has 104 valence electrons. The molecule has 7 nitrogen and oxygen atoms in total. The smallest absolute Gasteiger partial charge is 0.232 e.